The number of rotatable bonds is 2. The van der Waals surface area contributed by atoms with Gasteiger partial charge in [0.1, 0.15) is 0 Å². The normalized spacial score (nSPS) is 10.3. The molecule has 1 heterocycles. The summed E-state index contributed by atoms with van der Waals surface area (Å²) in [6.45, 7) is 4.27. The number of aryl methyl sites for hydroxylation is 2. The highest BCUT2D eigenvalue weighted by molar-refractivity contribution is 7.10. The van der Waals surface area contributed by atoms with Gasteiger partial charge >= 0.3 is 0 Å². The monoisotopic (exact) mass is 174 g/mol. The molecule has 0 nitrogen and oxygen atoms in total. The van der Waals surface area contributed by atoms with Crippen LogP contribution in [0.15, 0.2) is 5.38 Å². The van der Waals surface area contributed by atoms with E-state index in [4.69, 9.17) is 11.6 Å². The fourth-order valence-electron chi connectivity index (χ4n) is 0.902. The third-order valence-electron chi connectivity index (χ3n) is 1.57. The van der Waals surface area contributed by atoms with Crippen LogP contribution in [0.4, 0.5) is 0 Å². The van der Waals surface area contributed by atoms with Crippen molar-refractivity contribution in [3.8, 4) is 0 Å². The summed E-state index contributed by atoms with van der Waals surface area (Å²) in [7, 11) is 0. The van der Waals surface area contributed by atoms with Crippen LogP contribution in [0.5, 0.6) is 0 Å². The molecule has 1 aromatic heterocycles. The zero-order valence-corrected chi connectivity index (χ0v) is 7.85. The van der Waals surface area contributed by atoms with Crippen molar-refractivity contribution in [2.24, 2.45) is 0 Å². The molecule has 0 aromatic carbocycles. The summed E-state index contributed by atoms with van der Waals surface area (Å²) >= 11 is 7.80. The standard InChI is InChI=1S/C8H11ClS/c1-3-6-5-10-7(4-2)8(6)9/h5H,3-4H2,1-2H3. The van der Waals surface area contributed by atoms with E-state index in [-0.39, 0.29) is 0 Å². The SMILES string of the molecule is CCc1csc(CC)c1Cl. The van der Waals surface area contributed by atoms with Gasteiger partial charge in [-0.1, -0.05) is 25.4 Å². The maximum absolute atomic E-state index is 6.04. The molecule has 0 unspecified atom stereocenters. The van der Waals surface area contributed by atoms with Crippen LogP contribution in [0.1, 0.15) is 24.3 Å². The third-order valence-corrected chi connectivity index (χ3v) is 3.33. The Hall–Kier alpha value is -0.0100. The molecule has 0 atom stereocenters. The molecule has 0 aliphatic heterocycles. The number of thiophene rings is 1. The number of hydrogen-bond donors (Lipinski definition) is 0. The molecule has 0 bridgehead atoms. The number of hydrogen-bond acceptors (Lipinski definition) is 1. The van der Waals surface area contributed by atoms with Crippen molar-refractivity contribution in [3.63, 3.8) is 0 Å². The Morgan fingerprint density at radius 3 is 2.40 bits per heavy atom. The molecule has 0 saturated carbocycles. The molecule has 0 aliphatic carbocycles. The first-order valence-electron chi connectivity index (χ1n) is 3.54. The van der Waals surface area contributed by atoms with Crippen LogP contribution in [0.3, 0.4) is 0 Å². The second-order valence-electron chi connectivity index (χ2n) is 2.21. The molecular formula is C8H11ClS. The smallest absolute Gasteiger partial charge is 0.0576 e. The summed E-state index contributed by atoms with van der Waals surface area (Å²) in [4.78, 5) is 1.32. The zero-order chi connectivity index (χ0) is 7.56. The van der Waals surface area contributed by atoms with Gasteiger partial charge in [0.05, 0.1) is 5.02 Å². The van der Waals surface area contributed by atoms with Gasteiger partial charge in [-0.25, -0.2) is 0 Å². The van der Waals surface area contributed by atoms with Gasteiger partial charge in [0.25, 0.3) is 0 Å². The second-order valence-corrected chi connectivity index (χ2v) is 3.55. The summed E-state index contributed by atoms with van der Waals surface area (Å²) in [5.74, 6) is 0. The maximum atomic E-state index is 6.04. The molecule has 56 valence electrons. The predicted molar refractivity (Wildman–Crippen MR) is 48.1 cm³/mol. The average Bonchev–Trinajstić information content (AvgIpc) is 2.30. The Balaban J connectivity index is 2.97. The Morgan fingerprint density at radius 2 is 2.10 bits per heavy atom. The minimum atomic E-state index is 0.995. The van der Waals surface area contributed by atoms with Gasteiger partial charge in [-0.2, -0.15) is 0 Å². The molecule has 0 aliphatic rings. The van der Waals surface area contributed by atoms with Crippen LogP contribution in [-0.4, -0.2) is 0 Å². The van der Waals surface area contributed by atoms with E-state index < -0.39 is 0 Å². The second kappa shape index (κ2) is 3.40. The molecule has 2 heteroatoms. The van der Waals surface area contributed by atoms with Gasteiger partial charge in [-0.05, 0) is 23.8 Å². The zero-order valence-electron chi connectivity index (χ0n) is 6.28. The topological polar surface area (TPSA) is 0 Å². The van der Waals surface area contributed by atoms with E-state index in [1.54, 1.807) is 11.3 Å². The molecule has 1 aromatic rings. The fraction of sp³-hybridized carbons (Fsp3) is 0.500. The first kappa shape index (κ1) is 8.09. The molecule has 0 radical (unpaired) electrons. The quantitative estimate of drug-likeness (QED) is 0.644. The minimum absolute atomic E-state index is 0.995. The highest BCUT2D eigenvalue weighted by Gasteiger charge is 2.04. The van der Waals surface area contributed by atoms with Crippen LogP contribution in [0.2, 0.25) is 5.02 Å². The molecule has 0 fully saturated rings. The Labute approximate surface area is 70.8 Å². The Morgan fingerprint density at radius 1 is 1.40 bits per heavy atom. The van der Waals surface area contributed by atoms with Gasteiger partial charge in [0, 0.05) is 4.88 Å². The van der Waals surface area contributed by atoms with Gasteiger partial charge in [-0.15, -0.1) is 11.3 Å². The van der Waals surface area contributed by atoms with Gasteiger partial charge in [0.15, 0.2) is 0 Å². The van der Waals surface area contributed by atoms with Crippen LogP contribution < -0.4 is 0 Å². The van der Waals surface area contributed by atoms with Crippen molar-refractivity contribution in [2.75, 3.05) is 0 Å². The molecular weight excluding hydrogens is 164 g/mol. The van der Waals surface area contributed by atoms with Crippen LogP contribution in [0, 0.1) is 0 Å². The molecule has 0 spiro atoms. The largest absolute Gasteiger partial charge is 0.147 e. The van der Waals surface area contributed by atoms with E-state index in [1.807, 2.05) is 0 Å². The van der Waals surface area contributed by atoms with Crippen LogP contribution in [-0.2, 0) is 12.8 Å². The lowest BCUT2D eigenvalue weighted by atomic mass is 10.2. The molecule has 1 rings (SSSR count). The van der Waals surface area contributed by atoms with Crippen molar-refractivity contribution in [3.05, 3.63) is 20.8 Å². The Kier molecular flexibility index (Phi) is 2.75. The lowest BCUT2D eigenvalue weighted by Gasteiger charge is -1.92. The maximum Gasteiger partial charge on any atom is 0.0576 e. The van der Waals surface area contributed by atoms with Gasteiger partial charge < -0.3 is 0 Å². The highest BCUT2D eigenvalue weighted by Crippen LogP contribution is 2.28. The average molecular weight is 175 g/mol. The predicted octanol–water partition coefficient (Wildman–Crippen LogP) is 3.53. The lowest BCUT2D eigenvalue weighted by molar-refractivity contribution is 1.13. The lowest BCUT2D eigenvalue weighted by Crippen LogP contribution is -1.76. The molecule has 0 saturated heterocycles. The van der Waals surface area contributed by atoms with Crippen molar-refractivity contribution < 1.29 is 0 Å². The van der Waals surface area contributed by atoms with E-state index in [9.17, 15) is 0 Å². The molecule has 0 amide bonds. The summed E-state index contributed by atoms with van der Waals surface area (Å²) in [5, 5.41) is 3.15. The third kappa shape index (κ3) is 1.35. The van der Waals surface area contributed by atoms with E-state index in [0.717, 1.165) is 17.9 Å². The Bertz CT molecular complexity index is 194. The highest BCUT2D eigenvalue weighted by atomic mass is 35.5. The molecule has 0 N–H and O–H groups in total. The van der Waals surface area contributed by atoms with Crippen LogP contribution in [0.25, 0.3) is 0 Å². The van der Waals surface area contributed by atoms with Crippen molar-refractivity contribution in [1.82, 2.24) is 0 Å². The van der Waals surface area contributed by atoms with E-state index in [0.29, 0.717) is 0 Å². The summed E-state index contributed by atoms with van der Waals surface area (Å²) in [6.07, 6.45) is 2.11. The van der Waals surface area contributed by atoms with Gasteiger partial charge in [0.2, 0.25) is 0 Å². The number of halogens is 1. The fourth-order valence-corrected chi connectivity index (χ4v) is 2.39. The summed E-state index contributed by atoms with van der Waals surface area (Å²) in [6, 6.07) is 0. The first-order valence-corrected chi connectivity index (χ1v) is 4.80. The minimum Gasteiger partial charge on any atom is -0.147 e. The van der Waals surface area contributed by atoms with Crippen molar-refractivity contribution in [1.29, 1.82) is 0 Å². The van der Waals surface area contributed by atoms with E-state index in [2.05, 4.69) is 19.2 Å². The first-order chi connectivity index (χ1) is 4.79. The van der Waals surface area contributed by atoms with Crippen molar-refractivity contribution in [2.45, 2.75) is 26.7 Å². The van der Waals surface area contributed by atoms with Gasteiger partial charge in [-0.3, -0.25) is 0 Å². The van der Waals surface area contributed by atoms with E-state index in [1.165, 1.54) is 10.4 Å². The van der Waals surface area contributed by atoms with E-state index >= 15 is 0 Å². The van der Waals surface area contributed by atoms with Crippen LogP contribution >= 0.6 is 22.9 Å². The van der Waals surface area contributed by atoms with Crippen molar-refractivity contribution >= 4 is 22.9 Å². The summed E-state index contributed by atoms with van der Waals surface area (Å²) < 4.78 is 0. The summed E-state index contributed by atoms with van der Waals surface area (Å²) in [5.41, 5.74) is 1.29. The molecule has 10 heavy (non-hydrogen) atoms.